The highest BCUT2D eigenvalue weighted by Gasteiger charge is 2.29. The van der Waals surface area contributed by atoms with Crippen LogP contribution >= 0.6 is 50.7 Å². The van der Waals surface area contributed by atoms with Gasteiger partial charge in [-0.05, 0) is 61.0 Å². The van der Waals surface area contributed by atoms with E-state index in [-0.39, 0.29) is 17.5 Å². The van der Waals surface area contributed by atoms with Crippen molar-refractivity contribution in [2.75, 3.05) is 6.54 Å². The standard InChI is InChI=1S/C23H20BrCl3N2O3S/c1-15(16-4-2-5-17(24)12-16)28-23(30)14-29(13-20-21(26)6-3-7-22(20)27)33(31,32)19-10-8-18(25)9-11-19/h2-12,15H,13-14H2,1H3,(H,28,30). The smallest absolute Gasteiger partial charge is 0.243 e. The molecule has 5 nitrogen and oxygen atoms in total. The number of benzene rings is 3. The van der Waals surface area contributed by atoms with Gasteiger partial charge >= 0.3 is 0 Å². The number of amides is 1. The van der Waals surface area contributed by atoms with Crippen LogP contribution in [0.1, 0.15) is 24.1 Å². The van der Waals surface area contributed by atoms with Crippen LogP contribution in [-0.4, -0.2) is 25.2 Å². The van der Waals surface area contributed by atoms with Crippen LogP contribution in [0, 0.1) is 0 Å². The van der Waals surface area contributed by atoms with Gasteiger partial charge in [-0.1, -0.05) is 68.9 Å². The number of hydrogen-bond donors (Lipinski definition) is 1. The first kappa shape index (κ1) is 26.0. The predicted octanol–water partition coefficient (Wildman–Crippen LogP) is 6.48. The molecule has 1 atom stereocenters. The van der Waals surface area contributed by atoms with E-state index in [0.717, 1.165) is 14.3 Å². The van der Waals surface area contributed by atoms with Crippen LogP contribution in [0.3, 0.4) is 0 Å². The van der Waals surface area contributed by atoms with E-state index >= 15 is 0 Å². The highest BCUT2D eigenvalue weighted by molar-refractivity contribution is 9.10. The Morgan fingerprint density at radius 3 is 2.21 bits per heavy atom. The van der Waals surface area contributed by atoms with Crippen molar-refractivity contribution < 1.29 is 13.2 Å². The maximum Gasteiger partial charge on any atom is 0.243 e. The summed E-state index contributed by atoms with van der Waals surface area (Å²) in [6.07, 6.45) is 0. The summed E-state index contributed by atoms with van der Waals surface area (Å²) in [6, 6.07) is 17.8. The Morgan fingerprint density at radius 1 is 1.00 bits per heavy atom. The molecule has 1 amide bonds. The molecule has 0 aliphatic rings. The Kier molecular flexibility index (Phi) is 8.83. The molecule has 0 saturated carbocycles. The summed E-state index contributed by atoms with van der Waals surface area (Å²) in [6.45, 7) is 1.22. The topological polar surface area (TPSA) is 66.5 Å². The van der Waals surface area contributed by atoms with Crippen molar-refractivity contribution in [2.24, 2.45) is 0 Å². The normalized spacial score (nSPS) is 12.5. The van der Waals surface area contributed by atoms with Crippen LogP contribution in [0.2, 0.25) is 15.1 Å². The van der Waals surface area contributed by atoms with E-state index in [1.807, 2.05) is 31.2 Å². The SMILES string of the molecule is CC(NC(=O)CN(Cc1c(Cl)cccc1Cl)S(=O)(=O)c1ccc(Cl)cc1)c1cccc(Br)c1. The lowest BCUT2D eigenvalue weighted by Crippen LogP contribution is -2.41. The number of rotatable bonds is 8. The maximum atomic E-state index is 13.4. The molecular formula is C23H20BrCl3N2O3S. The average Bonchev–Trinajstić information content (AvgIpc) is 2.75. The van der Waals surface area contributed by atoms with Crippen LogP contribution in [0.4, 0.5) is 0 Å². The predicted molar refractivity (Wildman–Crippen MR) is 136 cm³/mol. The summed E-state index contributed by atoms with van der Waals surface area (Å²) in [5, 5.41) is 3.86. The zero-order valence-corrected chi connectivity index (χ0v) is 22.1. The molecule has 1 N–H and O–H groups in total. The molecule has 0 fully saturated rings. The van der Waals surface area contributed by atoms with Crippen LogP contribution in [0.15, 0.2) is 76.1 Å². The van der Waals surface area contributed by atoms with Crippen molar-refractivity contribution in [1.82, 2.24) is 9.62 Å². The van der Waals surface area contributed by atoms with Crippen molar-refractivity contribution in [3.63, 3.8) is 0 Å². The van der Waals surface area contributed by atoms with Gasteiger partial charge in [-0.3, -0.25) is 4.79 Å². The van der Waals surface area contributed by atoms with Crippen molar-refractivity contribution in [3.8, 4) is 0 Å². The largest absolute Gasteiger partial charge is 0.348 e. The van der Waals surface area contributed by atoms with Gasteiger partial charge < -0.3 is 5.32 Å². The van der Waals surface area contributed by atoms with E-state index in [1.54, 1.807) is 18.2 Å². The monoisotopic (exact) mass is 588 g/mol. The Hall–Kier alpha value is -1.61. The minimum absolute atomic E-state index is 0.00270. The molecule has 0 bridgehead atoms. The van der Waals surface area contributed by atoms with Gasteiger partial charge in [-0.2, -0.15) is 4.31 Å². The fourth-order valence-electron chi connectivity index (χ4n) is 3.15. The fourth-order valence-corrected chi connectivity index (χ4v) is 5.57. The van der Waals surface area contributed by atoms with E-state index in [4.69, 9.17) is 34.8 Å². The molecule has 33 heavy (non-hydrogen) atoms. The van der Waals surface area contributed by atoms with E-state index in [0.29, 0.717) is 20.6 Å². The molecule has 0 saturated heterocycles. The summed E-state index contributed by atoms with van der Waals surface area (Å²) in [7, 11) is -4.06. The van der Waals surface area contributed by atoms with Gasteiger partial charge in [0.15, 0.2) is 0 Å². The zero-order chi connectivity index (χ0) is 24.2. The summed E-state index contributed by atoms with van der Waals surface area (Å²) in [5.74, 6) is -0.469. The second kappa shape index (κ2) is 11.2. The van der Waals surface area contributed by atoms with E-state index in [2.05, 4.69) is 21.2 Å². The van der Waals surface area contributed by atoms with Crippen LogP contribution in [-0.2, 0) is 21.4 Å². The third-order valence-electron chi connectivity index (χ3n) is 4.89. The van der Waals surface area contributed by atoms with Gasteiger partial charge in [0.05, 0.1) is 17.5 Å². The lowest BCUT2D eigenvalue weighted by molar-refractivity contribution is -0.122. The first-order valence-electron chi connectivity index (χ1n) is 9.81. The third-order valence-corrected chi connectivity index (χ3v) is 8.15. The van der Waals surface area contributed by atoms with E-state index in [1.165, 1.54) is 24.3 Å². The molecular weight excluding hydrogens is 571 g/mol. The number of sulfonamides is 1. The fraction of sp³-hybridized carbons (Fsp3) is 0.174. The Bertz CT molecular complexity index is 1230. The highest BCUT2D eigenvalue weighted by atomic mass is 79.9. The molecule has 0 aromatic heterocycles. The number of carbonyl (C=O) groups excluding carboxylic acids is 1. The lowest BCUT2D eigenvalue weighted by atomic mass is 10.1. The minimum atomic E-state index is -4.06. The van der Waals surface area contributed by atoms with Gasteiger partial charge in [0.2, 0.25) is 15.9 Å². The van der Waals surface area contributed by atoms with Gasteiger partial charge in [-0.15, -0.1) is 0 Å². The lowest BCUT2D eigenvalue weighted by Gasteiger charge is -2.24. The van der Waals surface area contributed by atoms with Gasteiger partial charge in [-0.25, -0.2) is 8.42 Å². The summed E-state index contributed by atoms with van der Waals surface area (Å²) in [4.78, 5) is 12.9. The summed E-state index contributed by atoms with van der Waals surface area (Å²) >= 11 is 21.9. The molecule has 0 aliphatic heterocycles. The van der Waals surface area contributed by atoms with Crippen molar-refractivity contribution in [1.29, 1.82) is 0 Å². The van der Waals surface area contributed by atoms with E-state index in [9.17, 15) is 13.2 Å². The molecule has 0 radical (unpaired) electrons. The van der Waals surface area contributed by atoms with Crippen molar-refractivity contribution >= 4 is 66.7 Å². The number of halogens is 4. The average molecular weight is 591 g/mol. The van der Waals surface area contributed by atoms with Crippen molar-refractivity contribution in [2.45, 2.75) is 24.4 Å². The second-order valence-electron chi connectivity index (χ2n) is 7.27. The molecule has 0 spiro atoms. The van der Waals surface area contributed by atoms with E-state index < -0.39 is 22.5 Å². The molecule has 3 rings (SSSR count). The molecule has 3 aromatic carbocycles. The number of nitrogens with one attached hydrogen (secondary N) is 1. The zero-order valence-electron chi connectivity index (χ0n) is 17.4. The number of nitrogens with zero attached hydrogens (tertiary/aromatic N) is 1. The molecule has 0 heterocycles. The van der Waals surface area contributed by atoms with Crippen LogP contribution < -0.4 is 5.32 Å². The Balaban J connectivity index is 1.89. The molecule has 0 aliphatic carbocycles. The quantitative estimate of drug-likeness (QED) is 0.327. The highest BCUT2D eigenvalue weighted by Crippen LogP contribution is 2.28. The van der Waals surface area contributed by atoms with Crippen LogP contribution in [0.25, 0.3) is 0 Å². The molecule has 10 heteroatoms. The molecule has 174 valence electrons. The van der Waals surface area contributed by atoms with Crippen LogP contribution in [0.5, 0.6) is 0 Å². The maximum absolute atomic E-state index is 13.4. The Morgan fingerprint density at radius 2 is 1.61 bits per heavy atom. The van der Waals surface area contributed by atoms with Gasteiger partial charge in [0.1, 0.15) is 0 Å². The molecule has 1 unspecified atom stereocenters. The van der Waals surface area contributed by atoms with Crippen molar-refractivity contribution in [3.05, 3.63) is 97.4 Å². The van der Waals surface area contributed by atoms with Gasteiger partial charge in [0, 0.05) is 31.6 Å². The molecule has 3 aromatic rings. The minimum Gasteiger partial charge on any atom is -0.348 e. The second-order valence-corrected chi connectivity index (χ2v) is 11.4. The summed E-state index contributed by atoms with van der Waals surface area (Å²) < 4.78 is 28.8. The Labute approximate surface area is 216 Å². The number of carbonyl (C=O) groups is 1. The first-order valence-corrected chi connectivity index (χ1v) is 13.2. The van der Waals surface area contributed by atoms with Gasteiger partial charge in [0.25, 0.3) is 0 Å². The number of hydrogen-bond acceptors (Lipinski definition) is 3. The first-order chi connectivity index (χ1) is 15.6. The third kappa shape index (κ3) is 6.72. The summed E-state index contributed by atoms with van der Waals surface area (Å²) in [5.41, 5.74) is 1.28.